The average Bonchev–Trinajstić information content (AvgIpc) is 2.49. The van der Waals surface area contributed by atoms with Gasteiger partial charge in [0.05, 0.1) is 17.5 Å². The van der Waals surface area contributed by atoms with Crippen molar-refractivity contribution in [2.45, 2.75) is 13.3 Å². The van der Waals surface area contributed by atoms with Crippen molar-refractivity contribution >= 4 is 33.2 Å². The number of amides is 1. The fourth-order valence-corrected chi connectivity index (χ4v) is 2.90. The van der Waals surface area contributed by atoms with E-state index in [0.717, 1.165) is 17.4 Å². The van der Waals surface area contributed by atoms with Crippen LogP contribution in [0.5, 0.6) is 0 Å². The Labute approximate surface area is 147 Å². The maximum absolute atomic E-state index is 12.4. The summed E-state index contributed by atoms with van der Waals surface area (Å²) in [4.78, 5) is 12.4. The standard InChI is InChI=1S/C17H19ClN2O3S/c1-12-3-8-16(20-24(2,22)23)15(11-12)17(21)19-10-9-13-4-6-14(18)7-5-13/h3-8,11,20H,9-10H2,1-2H3,(H,19,21). The van der Waals surface area contributed by atoms with Gasteiger partial charge in [0.25, 0.3) is 5.91 Å². The van der Waals surface area contributed by atoms with Crippen molar-refractivity contribution in [1.29, 1.82) is 0 Å². The van der Waals surface area contributed by atoms with Crippen molar-refractivity contribution in [3.8, 4) is 0 Å². The number of halogens is 1. The Hall–Kier alpha value is -2.05. The summed E-state index contributed by atoms with van der Waals surface area (Å²) in [5, 5.41) is 3.47. The summed E-state index contributed by atoms with van der Waals surface area (Å²) in [5.41, 5.74) is 2.50. The van der Waals surface area contributed by atoms with Crippen LogP contribution in [0.4, 0.5) is 5.69 Å². The van der Waals surface area contributed by atoms with Gasteiger partial charge in [-0.05, 0) is 43.2 Å². The molecule has 2 aromatic carbocycles. The van der Waals surface area contributed by atoms with Gasteiger partial charge in [-0.2, -0.15) is 0 Å². The summed E-state index contributed by atoms with van der Waals surface area (Å²) in [6.45, 7) is 2.28. The van der Waals surface area contributed by atoms with E-state index in [1.165, 1.54) is 0 Å². The zero-order chi connectivity index (χ0) is 17.7. The Bertz CT molecular complexity index is 833. The van der Waals surface area contributed by atoms with E-state index < -0.39 is 10.0 Å². The van der Waals surface area contributed by atoms with Gasteiger partial charge in [-0.3, -0.25) is 9.52 Å². The first-order chi connectivity index (χ1) is 11.2. The molecule has 0 radical (unpaired) electrons. The third kappa shape index (κ3) is 5.54. The molecule has 0 fully saturated rings. The zero-order valence-corrected chi connectivity index (χ0v) is 15.0. The molecule has 0 atom stereocenters. The first-order valence-electron chi connectivity index (χ1n) is 7.36. The van der Waals surface area contributed by atoms with Crippen LogP contribution < -0.4 is 10.0 Å². The summed E-state index contributed by atoms with van der Waals surface area (Å²) in [6, 6.07) is 12.4. The number of hydrogen-bond acceptors (Lipinski definition) is 3. The highest BCUT2D eigenvalue weighted by Gasteiger charge is 2.14. The second-order valence-electron chi connectivity index (χ2n) is 5.56. The lowest BCUT2D eigenvalue weighted by Crippen LogP contribution is -2.27. The molecule has 1 amide bonds. The Morgan fingerprint density at radius 1 is 1.12 bits per heavy atom. The van der Waals surface area contributed by atoms with E-state index in [9.17, 15) is 13.2 Å². The minimum atomic E-state index is -3.46. The molecule has 2 rings (SSSR count). The van der Waals surface area contributed by atoms with Crippen LogP contribution in [0.15, 0.2) is 42.5 Å². The lowest BCUT2D eigenvalue weighted by molar-refractivity contribution is 0.0955. The molecule has 0 saturated heterocycles. The van der Waals surface area contributed by atoms with Gasteiger partial charge in [0, 0.05) is 11.6 Å². The minimum absolute atomic E-state index is 0.270. The van der Waals surface area contributed by atoms with Crippen molar-refractivity contribution in [2.24, 2.45) is 0 Å². The first kappa shape index (κ1) is 18.3. The Balaban J connectivity index is 2.06. The molecule has 7 heteroatoms. The number of anilines is 1. The molecule has 0 aliphatic carbocycles. The summed E-state index contributed by atoms with van der Waals surface area (Å²) in [5.74, 6) is -0.321. The number of carbonyl (C=O) groups is 1. The van der Waals surface area contributed by atoms with E-state index in [1.807, 2.05) is 19.1 Å². The van der Waals surface area contributed by atoms with Gasteiger partial charge >= 0.3 is 0 Å². The largest absolute Gasteiger partial charge is 0.352 e. The summed E-state index contributed by atoms with van der Waals surface area (Å²) >= 11 is 5.84. The molecule has 2 N–H and O–H groups in total. The van der Waals surface area contributed by atoms with Gasteiger partial charge in [-0.15, -0.1) is 0 Å². The van der Waals surface area contributed by atoms with Gasteiger partial charge in [0.15, 0.2) is 0 Å². The van der Waals surface area contributed by atoms with Crippen LogP contribution in [-0.4, -0.2) is 27.1 Å². The Morgan fingerprint density at radius 2 is 1.79 bits per heavy atom. The normalized spacial score (nSPS) is 11.1. The predicted octanol–water partition coefficient (Wildman–Crippen LogP) is 2.99. The van der Waals surface area contributed by atoms with E-state index in [4.69, 9.17) is 11.6 Å². The van der Waals surface area contributed by atoms with Crippen molar-refractivity contribution in [2.75, 3.05) is 17.5 Å². The maximum atomic E-state index is 12.4. The molecule has 24 heavy (non-hydrogen) atoms. The van der Waals surface area contributed by atoms with Gasteiger partial charge in [0.2, 0.25) is 10.0 Å². The monoisotopic (exact) mass is 366 g/mol. The number of nitrogens with one attached hydrogen (secondary N) is 2. The SMILES string of the molecule is Cc1ccc(NS(C)(=O)=O)c(C(=O)NCCc2ccc(Cl)cc2)c1. The molecule has 0 heterocycles. The number of sulfonamides is 1. The number of benzene rings is 2. The molecule has 5 nitrogen and oxygen atoms in total. The van der Waals surface area contributed by atoms with E-state index in [-0.39, 0.29) is 11.6 Å². The van der Waals surface area contributed by atoms with Crippen LogP contribution >= 0.6 is 11.6 Å². The Morgan fingerprint density at radius 3 is 2.42 bits per heavy atom. The number of rotatable bonds is 6. The highest BCUT2D eigenvalue weighted by atomic mass is 35.5. The maximum Gasteiger partial charge on any atom is 0.253 e. The number of carbonyl (C=O) groups excluding carboxylic acids is 1. The van der Waals surface area contributed by atoms with Crippen LogP contribution in [-0.2, 0) is 16.4 Å². The van der Waals surface area contributed by atoms with Crippen molar-refractivity contribution in [1.82, 2.24) is 5.32 Å². The zero-order valence-electron chi connectivity index (χ0n) is 13.5. The molecular formula is C17H19ClN2O3S. The molecule has 0 saturated carbocycles. The smallest absolute Gasteiger partial charge is 0.253 e. The van der Waals surface area contributed by atoms with E-state index in [2.05, 4.69) is 10.0 Å². The fraction of sp³-hybridized carbons (Fsp3) is 0.235. The number of aryl methyl sites for hydroxylation is 1. The molecule has 128 valence electrons. The lowest BCUT2D eigenvalue weighted by atomic mass is 10.1. The number of hydrogen-bond donors (Lipinski definition) is 2. The van der Waals surface area contributed by atoms with Crippen molar-refractivity contribution in [3.63, 3.8) is 0 Å². The molecular weight excluding hydrogens is 348 g/mol. The van der Waals surface area contributed by atoms with E-state index in [0.29, 0.717) is 23.6 Å². The van der Waals surface area contributed by atoms with Gasteiger partial charge in [-0.25, -0.2) is 8.42 Å². The summed E-state index contributed by atoms with van der Waals surface area (Å²) in [6.07, 6.45) is 1.71. The van der Waals surface area contributed by atoms with Crippen LogP contribution in [0.3, 0.4) is 0 Å². The van der Waals surface area contributed by atoms with E-state index in [1.54, 1.807) is 30.3 Å². The van der Waals surface area contributed by atoms with E-state index >= 15 is 0 Å². The molecule has 0 aliphatic heterocycles. The predicted molar refractivity (Wildman–Crippen MR) is 97.1 cm³/mol. The quantitative estimate of drug-likeness (QED) is 0.825. The van der Waals surface area contributed by atoms with Crippen molar-refractivity contribution in [3.05, 3.63) is 64.2 Å². The molecule has 0 spiro atoms. The molecule has 0 bridgehead atoms. The second kappa shape index (κ2) is 7.68. The van der Waals surface area contributed by atoms with Crippen LogP contribution in [0.1, 0.15) is 21.5 Å². The third-order valence-electron chi connectivity index (χ3n) is 3.33. The molecule has 2 aromatic rings. The molecule has 0 aliphatic rings. The fourth-order valence-electron chi connectivity index (χ4n) is 2.20. The average molecular weight is 367 g/mol. The van der Waals surface area contributed by atoms with Gasteiger partial charge in [-0.1, -0.05) is 35.4 Å². The summed E-state index contributed by atoms with van der Waals surface area (Å²) in [7, 11) is -3.46. The van der Waals surface area contributed by atoms with Crippen LogP contribution in [0.2, 0.25) is 5.02 Å². The van der Waals surface area contributed by atoms with Crippen LogP contribution in [0.25, 0.3) is 0 Å². The Kier molecular flexibility index (Phi) is 5.85. The minimum Gasteiger partial charge on any atom is -0.352 e. The molecule has 0 aromatic heterocycles. The van der Waals surface area contributed by atoms with Gasteiger partial charge < -0.3 is 5.32 Å². The molecule has 0 unspecified atom stereocenters. The van der Waals surface area contributed by atoms with Crippen molar-refractivity contribution < 1.29 is 13.2 Å². The third-order valence-corrected chi connectivity index (χ3v) is 4.17. The highest BCUT2D eigenvalue weighted by molar-refractivity contribution is 7.92. The second-order valence-corrected chi connectivity index (χ2v) is 7.74. The first-order valence-corrected chi connectivity index (χ1v) is 9.62. The van der Waals surface area contributed by atoms with Crippen LogP contribution in [0, 0.1) is 6.92 Å². The highest BCUT2D eigenvalue weighted by Crippen LogP contribution is 2.18. The lowest BCUT2D eigenvalue weighted by Gasteiger charge is -2.12. The topological polar surface area (TPSA) is 75.3 Å². The van der Waals surface area contributed by atoms with Gasteiger partial charge in [0.1, 0.15) is 0 Å². The summed E-state index contributed by atoms with van der Waals surface area (Å²) < 4.78 is 25.2.